The first-order valence-electron chi connectivity index (χ1n) is 21.0. The van der Waals surface area contributed by atoms with Crippen LogP contribution in [0.1, 0.15) is 63.3 Å². The van der Waals surface area contributed by atoms with Crippen LogP contribution in [0.25, 0.3) is 0 Å². The zero-order valence-corrected chi connectivity index (χ0v) is 34.0. The number of allylic oxidation sites excluding steroid dienone is 1. The molecular formula is C43H52N12O5. The SMILES string of the molecule is C=C1CCC(N2C(=O)c3ccc(N4CC[C@@H](CN5CCN(c6ccc(Nc7nc(N8CCC[C@@H](N9CCN(C)C9=O)C8)cnc7C(N)=O)cc6)CC5)C4)cc3C2=O)C(=O)N1. The monoisotopic (exact) mass is 816 g/mol. The molecule has 6 aliphatic heterocycles. The van der Waals surface area contributed by atoms with E-state index in [-0.39, 0.29) is 23.7 Å². The van der Waals surface area contributed by atoms with Crippen LogP contribution in [0.15, 0.2) is 60.9 Å². The lowest BCUT2D eigenvalue weighted by Crippen LogP contribution is -2.51. The zero-order chi connectivity index (χ0) is 41.7. The van der Waals surface area contributed by atoms with Crippen molar-refractivity contribution < 1.29 is 24.0 Å². The molecule has 4 N–H and O–H groups in total. The Morgan fingerprint density at radius 1 is 0.850 bits per heavy atom. The van der Waals surface area contributed by atoms with Crippen LogP contribution in [0, 0.1) is 5.92 Å². The standard InChI is InChI=1S/C43H52N12O5/c1-27-5-12-35(40(57)46-27)55-41(58)33-11-10-31(22-34(33)42(55)59)52-15-13-28(25-52)24-50-17-19-51(20-18-50)30-8-6-29(7-9-30)47-39-37(38(44)56)45-23-36(48-39)53-14-3-4-32(26-53)54-21-16-49(2)43(54)60/h6-11,22-23,28,32,35H,1,3-5,12-21,24-26H2,2H3,(H2,44,56)(H,46,57)(H,47,48)/t28-,32+,35?/m0/s1. The summed E-state index contributed by atoms with van der Waals surface area (Å²) in [7, 11) is 1.83. The molecule has 7 heterocycles. The largest absolute Gasteiger partial charge is 0.371 e. The van der Waals surface area contributed by atoms with Crippen molar-refractivity contribution in [3.8, 4) is 0 Å². The van der Waals surface area contributed by atoms with Crippen LogP contribution < -0.4 is 31.1 Å². The molecule has 6 aliphatic rings. The van der Waals surface area contributed by atoms with E-state index in [2.05, 4.69) is 53.9 Å². The Kier molecular flexibility index (Phi) is 10.5. The highest BCUT2D eigenvalue weighted by atomic mass is 16.2. The number of carbonyl (C=O) groups is 5. The van der Waals surface area contributed by atoms with Gasteiger partial charge in [-0.05, 0) is 80.5 Å². The summed E-state index contributed by atoms with van der Waals surface area (Å²) < 4.78 is 0. The molecule has 0 bridgehead atoms. The molecule has 17 heteroatoms. The summed E-state index contributed by atoms with van der Waals surface area (Å²) in [5.41, 5.74) is 9.90. The Morgan fingerprint density at radius 3 is 2.35 bits per heavy atom. The molecule has 5 saturated heterocycles. The summed E-state index contributed by atoms with van der Waals surface area (Å²) in [6, 6.07) is 12.9. The van der Waals surface area contributed by atoms with Gasteiger partial charge in [-0.1, -0.05) is 6.58 Å². The minimum Gasteiger partial charge on any atom is -0.371 e. The molecule has 6 amide bonds. The Morgan fingerprint density at radius 2 is 1.62 bits per heavy atom. The normalized spacial score (nSPS) is 23.8. The molecule has 314 valence electrons. The fourth-order valence-electron chi connectivity index (χ4n) is 9.62. The van der Waals surface area contributed by atoms with Crippen LogP contribution in [-0.4, -0.2) is 150 Å². The fourth-order valence-corrected chi connectivity index (χ4v) is 9.62. The van der Waals surface area contributed by atoms with E-state index in [0.29, 0.717) is 53.8 Å². The van der Waals surface area contributed by atoms with Crippen molar-refractivity contribution in [2.75, 3.05) is 99.1 Å². The summed E-state index contributed by atoms with van der Waals surface area (Å²) in [4.78, 5) is 87.7. The average molecular weight is 817 g/mol. The molecular weight excluding hydrogens is 765 g/mol. The number of likely N-dealkylation sites (N-methyl/N-ethyl adjacent to an activating group) is 1. The molecule has 2 aromatic carbocycles. The first kappa shape index (κ1) is 39.2. The number of nitrogens with two attached hydrogens (primary N) is 1. The van der Waals surface area contributed by atoms with Gasteiger partial charge in [-0.15, -0.1) is 0 Å². The van der Waals surface area contributed by atoms with Crippen LogP contribution in [0.2, 0.25) is 0 Å². The number of hydrogen-bond donors (Lipinski definition) is 3. The van der Waals surface area contributed by atoms with Crippen molar-refractivity contribution in [2.45, 2.75) is 44.2 Å². The topological polar surface area (TPSA) is 184 Å². The van der Waals surface area contributed by atoms with E-state index in [1.807, 2.05) is 36.2 Å². The summed E-state index contributed by atoms with van der Waals surface area (Å²) >= 11 is 0. The van der Waals surface area contributed by atoms with Crippen LogP contribution >= 0.6 is 0 Å². The second kappa shape index (κ2) is 16.1. The lowest BCUT2D eigenvalue weighted by molar-refractivity contribution is -0.125. The van der Waals surface area contributed by atoms with E-state index in [1.165, 1.54) is 0 Å². The van der Waals surface area contributed by atoms with E-state index in [1.54, 1.807) is 17.2 Å². The van der Waals surface area contributed by atoms with Gasteiger partial charge in [0.05, 0.1) is 23.4 Å². The summed E-state index contributed by atoms with van der Waals surface area (Å²) in [5, 5.41) is 5.98. The van der Waals surface area contributed by atoms with Gasteiger partial charge in [0.25, 0.3) is 17.7 Å². The van der Waals surface area contributed by atoms with E-state index in [4.69, 9.17) is 10.7 Å². The van der Waals surface area contributed by atoms with Crippen molar-refractivity contribution in [3.05, 3.63) is 77.8 Å². The van der Waals surface area contributed by atoms with Gasteiger partial charge in [-0.25, -0.2) is 14.8 Å². The van der Waals surface area contributed by atoms with Gasteiger partial charge in [0, 0.05) is 102 Å². The van der Waals surface area contributed by atoms with Crippen LogP contribution in [-0.2, 0) is 4.79 Å². The number of primary amides is 1. The fraction of sp³-hybridized carbons (Fsp3) is 0.465. The molecule has 0 aliphatic carbocycles. The molecule has 5 fully saturated rings. The third kappa shape index (κ3) is 7.57. The van der Waals surface area contributed by atoms with Gasteiger partial charge in [0.2, 0.25) is 5.91 Å². The quantitative estimate of drug-likeness (QED) is 0.255. The highest BCUT2D eigenvalue weighted by Crippen LogP contribution is 2.34. The third-order valence-electron chi connectivity index (χ3n) is 13.0. The van der Waals surface area contributed by atoms with Gasteiger partial charge in [0.15, 0.2) is 11.5 Å². The van der Waals surface area contributed by atoms with E-state index in [9.17, 15) is 24.0 Å². The highest BCUT2D eigenvalue weighted by molar-refractivity contribution is 6.23. The van der Waals surface area contributed by atoms with Gasteiger partial charge < -0.3 is 40.9 Å². The summed E-state index contributed by atoms with van der Waals surface area (Å²) in [5.74, 6) is -0.437. The number of fused-ring (bicyclic) bond motifs is 1. The molecule has 0 saturated carbocycles. The smallest absolute Gasteiger partial charge is 0.320 e. The van der Waals surface area contributed by atoms with Gasteiger partial charge >= 0.3 is 6.03 Å². The molecule has 0 spiro atoms. The van der Waals surface area contributed by atoms with Crippen molar-refractivity contribution in [1.82, 2.24) is 34.9 Å². The minimum atomic E-state index is -0.820. The highest BCUT2D eigenvalue weighted by Gasteiger charge is 2.44. The van der Waals surface area contributed by atoms with Crippen molar-refractivity contribution in [1.29, 1.82) is 0 Å². The first-order valence-corrected chi connectivity index (χ1v) is 21.0. The number of benzene rings is 2. The second-order valence-electron chi connectivity index (χ2n) is 16.8. The molecule has 9 rings (SSSR count). The maximum atomic E-state index is 13.4. The average Bonchev–Trinajstić information content (AvgIpc) is 3.93. The molecule has 0 radical (unpaired) electrons. The minimum absolute atomic E-state index is 0.0603. The third-order valence-corrected chi connectivity index (χ3v) is 13.0. The summed E-state index contributed by atoms with van der Waals surface area (Å²) in [6.07, 6.45) is 5.39. The van der Waals surface area contributed by atoms with E-state index in [0.717, 1.165) is 107 Å². The lowest BCUT2D eigenvalue weighted by atomic mass is 10.0. The maximum Gasteiger partial charge on any atom is 0.320 e. The van der Waals surface area contributed by atoms with Gasteiger partial charge in [-0.2, -0.15) is 0 Å². The number of nitrogens with one attached hydrogen (secondary N) is 2. The number of aromatic nitrogens is 2. The Labute approximate surface area is 349 Å². The number of anilines is 5. The number of piperidine rings is 2. The Balaban J connectivity index is 0.771. The second-order valence-corrected chi connectivity index (χ2v) is 16.8. The van der Waals surface area contributed by atoms with E-state index < -0.39 is 23.8 Å². The number of carbonyl (C=O) groups excluding carboxylic acids is 5. The number of hydrogen-bond acceptors (Lipinski definition) is 12. The number of nitrogens with zero attached hydrogens (tertiary/aromatic N) is 9. The van der Waals surface area contributed by atoms with Crippen molar-refractivity contribution in [2.24, 2.45) is 11.7 Å². The summed E-state index contributed by atoms with van der Waals surface area (Å²) in [6.45, 7) is 13.1. The van der Waals surface area contributed by atoms with E-state index >= 15 is 0 Å². The molecule has 3 atom stereocenters. The number of amides is 6. The maximum absolute atomic E-state index is 13.4. The predicted molar refractivity (Wildman–Crippen MR) is 226 cm³/mol. The first-order chi connectivity index (χ1) is 29.0. The number of urea groups is 1. The van der Waals surface area contributed by atoms with Crippen molar-refractivity contribution in [3.63, 3.8) is 0 Å². The molecule has 17 nitrogen and oxygen atoms in total. The number of piperazine rings is 1. The Hall–Kier alpha value is -6.23. The lowest BCUT2D eigenvalue weighted by Gasteiger charge is -2.37. The van der Waals surface area contributed by atoms with Gasteiger partial charge in [0.1, 0.15) is 11.9 Å². The van der Waals surface area contributed by atoms with Crippen molar-refractivity contribution >= 4 is 58.4 Å². The van der Waals surface area contributed by atoms with Gasteiger partial charge in [-0.3, -0.25) is 29.0 Å². The molecule has 60 heavy (non-hydrogen) atoms. The van der Waals surface area contributed by atoms with Crippen LogP contribution in [0.3, 0.4) is 0 Å². The molecule has 3 aromatic rings. The molecule has 1 unspecified atom stereocenters. The number of rotatable bonds is 10. The Bertz CT molecular complexity index is 2230. The van der Waals surface area contributed by atoms with Crippen LogP contribution in [0.4, 0.5) is 33.5 Å². The number of imide groups is 1. The predicted octanol–water partition coefficient (Wildman–Crippen LogP) is 2.69. The zero-order valence-electron chi connectivity index (χ0n) is 34.0. The van der Waals surface area contributed by atoms with Crippen LogP contribution in [0.5, 0.6) is 0 Å². The molecule has 1 aromatic heterocycles.